The van der Waals surface area contributed by atoms with Gasteiger partial charge in [-0.1, -0.05) is 0 Å². The van der Waals surface area contributed by atoms with Crippen molar-refractivity contribution in [2.24, 2.45) is 5.73 Å². The van der Waals surface area contributed by atoms with Gasteiger partial charge in [0, 0.05) is 4.88 Å². The maximum absolute atomic E-state index is 12.0. The normalized spacial score (nSPS) is 10.9. The predicted molar refractivity (Wildman–Crippen MR) is 49.9 cm³/mol. The first kappa shape index (κ1) is 11.2. The molecule has 0 atom stereocenters. The maximum atomic E-state index is 12.0. The van der Waals surface area contributed by atoms with Crippen LogP contribution in [0.2, 0.25) is 0 Å². The van der Waals surface area contributed by atoms with Gasteiger partial charge in [-0.25, -0.2) is 13.8 Å². The number of carbonyl (C=O) groups excluding carboxylic acids is 1. The second-order valence-electron chi connectivity index (χ2n) is 2.73. The molecule has 1 rings (SSSR count). The first-order chi connectivity index (χ1) is 6.56. The Morgan fingerprint density at radius 3 is 2.79 bits per heavy atom. The highest BCUT2D eigenvalue weighted by molar-refractivity contribution is 7.13. The molecule has 0 unspecified atom stereocenters. The summed E-state index contributed by atoms with van der Waals surface area (Å²) in [7, 11) is 0. The Morgan fingerprint density at radius 2 is 2.29 bits per heavy atom. The molecule has 0 saturated carbocycles. The fraction of sp³-hybridized carbons (Fsp3) is 0.500. The van der Waals surface area contributed by atoms with Crippen LogP contribution in [0.15, 0.2) is 0 Å². The lowest BCUT2D eigenvalue weighted by Crippen LogP contribution is -2.09. The van der Waals surface area contributed by atoms with Gasteiger partial charge in [0.1, 0.15) is 0 Å². The average Bonchev–Trinajstić information content (AvgIpc) is 2.47. The fourth-order valence-corrected chi connectivity index (χ4v) is 2.01. The molecule has 0 aromatic carbocycles. The lowest BCUT2D eigenvalue weighted by Gasteiger charge is -1.91. The van der Waals surface area contributed by atoms with E-state index in [0.29, 0.717) is 18.7 Å². The van der Waals surface area contributed by atoms with Crippen molar-refractivity contribution in [2.45, 2.75) is 19.8 Å². The lowest BCUT2D eigenvalue weighted by atomic mass is 10.3. The van der Waals surface area contributed by atoms with E-state index in [1.54, 1.807) is 6.92 Å². The summed E-state index contributed by atoms with van der Waals surface area (Å²) in [5.74, 6) is -1.21. The second kappa shape index (κ2) is 4.56. The third-order valence-electron chi connectivity index (χ3n) is 1.67. The van der Waals surface area contributed by atoms with Gasteiger partial charge in [-0.3, -0.25) is 4.79 Å². The molecule has 0 bridgehead atoms. The van der Waals surface area contributed by atoms with Crippen molar-refractivity contribution in [1.29, 1.82) is 0 Å². The Kier molecular flexibility index (Phi) is 3.65. The number of halogens is 2. The molecular formula is C8H10F2N2OS. The van der Waals surface area contributed by atoms with Gasteiger partial charge in [0.2, 0.25) is 0 Å². The summed E-state index contributed by atoms with van der Waals surface area (Å²) >= 11 is 1.000. The fourth-order valence-electron chi connectivity index (χ4n) is 0.990. The van der Waals surface area contributed by atoms with Crippen molar-refractivity contribution in [3.63, 3.8) is 0 Å². The summed E-state index contributed by atoms with van der Waals surface area (Å²) in [5, 5.41) is -0.124. The van der Waals surface area contributed by atoms with E-state index in [2.05, 4.69) is 4.98 Å². The van der Waals surface area contributed by atoms with Crippen LogP contribution in [-0.4, -0.2) is 23.7 Å². The van der Waals surface area contributed by atoms with E-state index in [0.717, 1.165) is 16.2 Å². The molecule has 0 amide bonds. The van der Waals surface area contributed by atoms with E-state index in [9.17, 15) is 13.6 Å². The summed E-state index contributed by atoms with van der Waals surface area (Å²) in [5.41, 5.74) is 5.94. The third-order valence-corrected chi connectivity index (χ3v) is 2.90. The quantitative estimate of drug-likeness (QED) is 0.780. The number of hydrogen-bond acceptors (Lipinski definition) is 4. The van der Waals surface area contributed by atoms with Gasteiger partial charge < -0.3 is 5.73 Å². The molecule has 0 aliphatic rings. The van der Waals surface area contributed by atoms with E-state index in [1.165, 1.54) is 0 Å². The van der Waals surface area contributed by atoms with Crippen molar-refractivity contribution in [1.82, 2.24) is 4.98 Å². The smallest absolute Gasteiger partial charge is 0.303 e. The molecule has 0 fully saturated rings. The largest absolute Gasteiger partial charge is 0.330 e. The van der Waals surface area contributed by atoms with E-state index < -0.39 is 12.2 Å². The van der Waals surface area contributed by atoms with Gasteiger partial charge in [-0.05, 0) is 19.9 Å². The van der Waals surface area contributed by atoms with Gasteiger partial charge in [0.15, 0.2) is 5.01 Å². The molecule has 3 nitrogen and oxygen atoms in total. The van der Waals surface area contributed by atoms with Gasteiger partial charge in [-0.15, -0.1) is 11.3 Å². The second-order valence-corrected chi connectivity index (χ2v) is 3.81. The molecule has 0 radical (unpaired) electrons. The van der Waals surface area contributed by atoms with Crippen molar-refractivity contribution >= 4 is 17.1 Å². The molecule has 0 saturated heterocycles. The Bertz CT molecular complexity index is 338. The van der Waals surface area contributed by atoms with Crippen molar-refractivity contribution < 1.29 is 13.6 Å². The zero-order chi connectivity index (χ0) is 10.7. The topological polar surface area (TPSA) is 56.0 Å². The number of thiazole rings is 1. The number of alkyl halides is 2. The molecule has 0 spiro atoms. The minimum atomic E-state index is -2.98. The summed E-state index contributed by atoms with van der Waals surface area (Å²) in [6.45, 7) is 2.11. The molecule has 1 aromatic rings. The van der Waals surface area contributed by atoms with E-state index in [-0.39, 0.29) is 5.01 Å². The third kappa shape index (κ3) is 2.33. The van der Waals surface area contributed by atoms with Crippen LogP contribution in [0.25, 0.3) is 0 Å². The van der Waals surface area contributed by atoms with Crippen LogP contribution in [0.4, 0.5) is 8.78 Å². The SMILES string of the molecule is Cc1nc(C(=O)C(F)F)sc1CCN. The number of hydrogen-bond donors (Lipinski definition) is 1. The monoisotopic (exact) mass is 220 g/mol. The Hall–Kier alpha value is -0.880. The van der Waals surface area contributed by atoms with Crippen molar-refractivity contribution in [2.75, 3.05) is 6.54 Å². The van der Waals surface area contributed by atoms with Crippen molar-refractivity contribution in [3.05, 3.63) is 15.6 Å². The standard InChI is InChI=1S/C8H10F2N2OS/c1-4-5(2-3-11)14-8(12-4)6(13)7(9)10/h7H,2-3,11H2,1H3. The average molecular weight is 220 g/mol. The van der Waals surface area contributed by atoms with E-state index >= 15 is 0 Å². The number of nitrogens with zero attached hydrogens (tertiary/aromatic N) is 1. The first-order valence-electron chi connectivity index (χ1n) is 4.05. The number of Topliss-reactive ketones (excluding diaryl/α,β-unsaturated/α-hetero) is 1. The molecule has 1 aromatic heterocycles. The van der Waals surface area contributed by atoms with E-state index in [1.807, 2.05) is 0 Å². The highest BCUT2D eigenvalue weighted by Crippen LogP contribution is 2.20. The Balaban J connectivity index is 2.90. The van der Waals surface area contributed by atoms with E-state index in [4.69, 9.17) is 5.73 Å². The highest BCUT2D eigenvalue weighted by Gasteiger charge is 2.22. The van der Waals surface area contributed by atoms with Gasteiger partial charge >= 0.3 is 6.43 Å². The molecule has 2 N–H and O–H groups in total. The molecule has 0 aliphatic carbocycles. The predicted octanol–water partition coefficient (Wildman–Crippen LogP) is 1.40. The summed E-state index contributed by atoms with van der Waals surface area (Å²) < 4.78 is 24.1. The molecule has 6 heteroatoms. The van der Waals surface area contributed by atoms with Crippen LogP contribution >= 0.6 is 11.3 Å². The molecule has 1 heterocycles. The van der Waals surface area contributed by atoms with Crippen LogP contribution in [-0.2, 0) is 6.42 Å². The number of rotatable bonds is 4. The molecular weight excluding hydrogens is 210 g/mol. The van der Waals surface area contributed by atoms with Crippen LogP contribution in [0.1, 0.15) is 20.4 Å². The van der Waals surface area contributed by atoms with Gasteiger partial charge in [0.25, 0.3) is 5.78 Å². The Morgan fingerprint density at radius 1 is 1.64 bits per heavy atom. The highest BCUT2D eigenvalue weighted by atomic mass is 32.1. The van der Waals surface area contributed by atoms with Crippen LogP contribution in [0.3, 0.4) is 0 Å². The molecule has 0 aliphatic heterocycles. The molecule has 78 valence electrons. The zero-order valence-electron chi connectivity index (χ0n) is 7.59. The number of ketones is 1. The number of carbonyl (C=O) groups is 1. The number of aryl methyl sites for hydroxylation is 1. The minimum Gasteiger partial charge on any atom is -0.330 e. The Labute approximate surface area is 83.9 Å². The van der Waals surface area contributed by atoms with Crippen molar-refractivity contribution in [3.8, 4) is 0 Å². The summed E-state index contributed by atoms with van der Waals surface area (Å²) in [6, 6.07) is 0. The zero-order valence-corrected chi connectivity index (χ0v) is 8.41. The summed E-state index contributed by atoms with van der Waals surface area (Å²) in [4.78, 5) is 15.5. The van der Waals surface area contributed by atoms with Gasteiger partial charge in [0.05, 0.1) is 5.69 Å². The minimum absolute atomic E-state index is 0.124. The van der Waals surface area contributed by atoms with Gasteiger partial charge in [-0.2, -0.15) is 0 Å². The first-order valence-corrected chi connectivity index (χ1v) is 4.86. The van der Waals surface area contributed by atoms with Crippen LogP contribution in [0, 0.1) is 6.92 Å². The molecule has 14 heavy (non-hydrogen) atoms. The van der Waals surface area contributed by atoms with Crippen LogP contribution in [0.5, 0.6) is 0 Å². The summed E-state index contributed by atoms with van der Waals surface area (Å²) in [6.07, 6.45) is -2.41. The number of aromatic nitrogens is 1. The maximum Gasteiger partial charge on any atom is 0.303 e. The number of nitrogens with two attached hydrogens (primary N) is 1. The van der Waals surface area contributed by atoms with Crippen LogP contribution < -0.4 is 5.73 Å². The lowest BCUT2D eigenvalue weighted by molar-refractivity contribution is 0.0678.